The number of rotatable bonds is 5. The van der Waals surface area contributed by atoms with Gasteiger partial charge in [0.25, 0.3) is 0 Å². The molecule has 1 fully saturated rings. The second-order valence-corrected chi connectivity index (χ2v) is 4.25. The average Bonchev–Trinajstić information content (AvgIpc) is 2.73. The smallest absolute Gasteiger partial charge is 0.410 e. The molecule has 2 rings (SSSR count). The number of ether oxygens (including phenoxy) is 2. The first kappa shape index (κ1) is 12.7. The van der Waals surface area contributed by atoms with Crippen molar-refractivity contribution in [3.8, 4) is 5.75 Å². The number of benzene rings is 1. The van der Waals surface area contributed by atoms with E-state index < -0.39 is 0 Å². The van der Waals surface area contributed by atoms with E-state index in [1.165, 1.54) is 0 Å². The lowest BCUT2D eigenvalue weighted by Gasteiger charge is -2.21. The number of nitrogens with zero attached hydrogens (tertiary/aromatic N) is 1. The van der Waals surface area contributed by atoms with Gasteiger partial charge in [0, 0.05) is 5.56 Å². The Kier molecular flexibility index (Phi) is 4.04. The molecule has 1 amide bonds. The van der Waals surface area contributed by atoms with Gasteiger partial charge in [-0.3, -0.25) is 4.90 Å². The predicted octanol–water partition coefficient (Wildman–Crippen LogP) is 1.36. The summed E-state index contributed by atoms with van der Waals surface area (Å²) in [5, 5.41) is 0. The summed E-state index contributed by atoms with van der Waals surface area (Å²) in [7, 11) is 1.62. The third-order valence-electron chi connectivity index (χ3n) is 3.11. The minimum absolute atomic E-state index is 0.0624. The molecule has 1 atom stereocenters. The fourth-order valence-electron chi connectivity index (χ4n) is 2.13. The van der Waals surface area contributed by atoms with Crippen LogP contribution in [0, 0.1) is 0 Å². The van der Waals surface area contributed by atoms with E-state index in [4.69, 9.17) is 15.2 Å². The van der Waals surface area contributed by atoms with Crippen LogP contribution in [0.3, 0.4) is 0 Å². The zero-order valence-corrected chi connectivity index (χ0v) is 10.5. The van der Waals surface area contributed by atoms with E-state index in [0.29, 0.717) is 19.7 Å². The summed E-state index contributed by atoms with van der Waals surface area (Å²) in [5.74, 6) is 0.781. The third-order valence-corrected chi connectivity index (χ3v) is 3.11. The van der Waals surface area contributed by atoms with Crippen molar-refractivity contribution in [3.63, 3.8) is 0 Å². The average molecular weight is 250 g/mol. The monoisotopic (exact) mass is 250 g/mol. The highest BCUT2D eigenvalue weighted by atomic mass is 16.6. The maximum Gasteiger partial charge on any atom is 0.410 e. The maximum atomic E-state index is 11.7. The lowest BCUT2D eigenvalue weighted by molar-refractivity contribution is 0.155. The summed E-state index contributed by atoms with van der Waals surface area (Å²) in [4.78, 5) is 13.4. The van der Waals surface area contributed by atoms with Gasteiger partial charge in [0.1, 0.15) is 12.4 Å². The molecule has 0 aromatic heterocycles. The predicted molar refractivity (Wildman–Crippen MR) is 67.3 cm³/mol. The molecule has 0 radical (unpaired) electrons. The maximum absolute atomic E-state index is 11.7. The highest BCUT2D eigenvalue weighted by Crippen LogP contribution is 2.24. The first-order chi connectivity index (χ1) is 8.76. The van der Waals surface area contributed by atoms with Crippen LogP contribution in [0.4, 0.5) is 4.79 Å². The van der Waals surface area contributed by atoms with Gasteiger partial charge < -0.3 is 15.2 Å². The normalized spacial score (nSPS) is 18.9. The Morgan fingerprint density at radius 2 is 2.28 bits per heavy atom. The SMILES string of the molecule is COc1ccccc1CN1C(=O)OCC1CCN. The van der Waals surface area contributed by atoms with Crippen LogP contribution in [0.15, 0.2) is 24.3 Å². The molecular weight excluding hydrogens is 232 g/mol. The minimum Gasteiger partial charge on any atom is -0.496 e. The zero-order chi connectivity index (χ0) is 13.0. The number of carbonyl (C=O) groups excluding carboxylic acids is 1. The van der Waals surface area contributed by atoms with Crippen LogP contribution in [0.25, 0.3) is 0 Å². The van der Waals surface area contributed by atoms with Crippen molar-refractivity contribution in [2.75, 3.05) is 20.3 Å². The zero-order valence-electron chi connectivity index (χ0n) is 10.5. The van der Waals surface area contributed by atoms with Crippen LogP contribution >= 0.6 is 0 Å². The number of amides is 1. The molecule has 1 aromatic rings. The van der Waals surface area contributed by atoms with Crippen LogP contribution in [-0.2, 0) is 11.3 Å². The molecule has 5 heteroatoms. The summed E-state index contributed by atoms with van der Waals surface area (Å²) in [6, 6.07) is 7.73. The molecule has 1 unspecified atom stereocenters. The van der Waals surface area contributed by atoms with Gasteiger partial charge in [-0.1, -0.05) is 18.2 Å². The van der Waals surface area contributed by atoms with Gasteiger partial charge in [-0.25, -0.2) is 4.79 Å². The number of methoxy groups -OCH3 is 1. The largest absolute Gasteiger partial charge is 0.496 e. The van der Waals surface area contributed by atoms with Crippen molar-refractivity contribution in [2.45, 2.75) is 19.0 Å². The molecule has 0 spiro atoms. The second kappa shape index (κ2) is 5.73. The molecule has 0 bridgehead atoms. The lowest BCUT2D eigenvalue weighted by atomic mass is 10.1. The highest BCUT2D eigenvalue weighted by Gasteiger charge is 2.32. The Labute approximate surface area is 106 Å². The standard InChI is InChI=1S/C13H18N2O3/c1-17-12-5-3-2-4-10(12)8-15-11(6-7-14)9-18-13(15)16/h2-5,11H,6-9,14H2,1H3. The van der Waals surface area contributed by atoms with Crippen molar-refractivity contribution in [2.24, 2.45) is 5.73 Å². The van der Waals surface area contributed by atoms with Crippen molar-refractivity contribution >= 4 is 6.09 Å². The fraction of sp³-hybridized carbons (Fsp3) is 0.462. The molecule has 0 saturated carbocycles. The molecule has 18 heavy (non-hydrogen) atoms. The molecule has 0 aliphatic carbocycles. The van der Waals surface area contributed by atoms with E-state index in [1.807, 2.05) is 24.3 Å². The molecule has 5 nitrogen and oxygen atoms in total. The molecule has 1 aliphatic heterocycles. The van der Waals surface area contributed by atoms with Crippen molar-refractivity contribution in [3.05, 3.63) is 29.8 Å². The number of nitrogens with two attached hydrogens (primary N) is 1. The van der Waals surface area contributed by atoms with Crippen molar-refractivity contribution in [1.82, 2.24) is 4.90 Å². The van der Waals surface area contributed by atoms with E-state index in [-0.39, 0.29) is 12.1 Å². The molecular formula is C13H18N2O3. The Balaban J connectivity index is 2.13. The number of cyclic esters (lactones) is 1. The topological polar surface area (TPSA) is 64.8 Å². The number of hydrogen-bond donors (Lipinski definition) is 1. The third kappa shape index (κ3) is 2.56. The lowest BCUT2D eigenvalue weighted by Crippen LogP contribution is -2.34. The van der Waals surface area contributed by atoms with E-state index in [0.717, 1.165) is 17.7 Å². The second-order valence-electron chi connectivity index (χ2n) is 4.25. The van der Waals surface area contributed by atoms with Crippen LogP contribution < -0.4 is 10.5 Å². The molecule has 2 N–H and O–H groups in total. The van der Waals surface area contributed by atoms with Crippen LogP contribution in [0.1, 0.15) is 12.0 Å². The van der Waals surface area contributed by atoms with Crippen LogP contribution in [0.5, 0.6) is 5.75 Å². The summed E-state index contributed by atoms with van der Waals surface area (Å²) in [6.07, 6.45) is 0.473. The Morgan fingerprint density at radius 1 is 1.50 bits per heavy atom. The number of para-hydroxylation sites is 1. The van der Waals surface area contributed by atoms with Gasteiger partial charge in [0.05, 0.1) is 19.7 Å². The van der Waals surface area contributed by atoms with Gasteiger partial charge in [0.15, 0.2) is 0 Å². The van der Waals surface area contributed by atoms with E-state index in [9.17, 15) is 4.79 Å². The van der Waals surface area contributed by atoms with Gasteiger partial charge in [-0.15, -0.1) is 0 Å². The van der Waals surface area contributed by atoms with Gasteiger partial charge >= 0.3 is 6.09 Å². The Bertz CT molecular complexity index is 422. The van der Waals surface area contributed by atoms with Gasteiger partial charge in [-0.05, 0) is 19.0 Å². The summed E-state index contributed by atoms with van der Waals surface area (Å²) >= 11 is 0. The van der Waals surface area contributed by atoms with Gasteiger partial charge in [0.2, 0.25) is 0 Å². The van der Waals surface area contributed by atoms with Gasteiger partial charge in [-0.2, -0.15) is 0 Å². The van der Waals surface area contributed by atoms with E-state index in [1.54, 1.807) is 12.0 Å². The fourth-order valence-corrected chi connectivity index (χ4v) is 2.13. The minimum atomic E-state index is -0.278. The van der Waals surface area contributed by atoms with E-state index >= 15 is 0 Å². The Hall–Kier alpha value is -1.75. The summed E-state index contributed by atoms with van der Waals surface area (Å²) in [5.41, 5.74) is 6.52. The van der Waals surface area contributed by atoms with Crippen molar-refractivity contribution in [1.29, 1.82) is 0 Å². The quantitative estimate of drug-likeness (QED) is 0.857. The first-order valence-electron chi connectivity index (χ1n) is 6.01. The molecule has 1 saturated heterocycles. The number of carbonyl (C=O) groups is 1. The van der Waals surface area contributed by atoms with Crippen LogP contribution in [-0.4, -0.2) is 37.3 Å². The molecule has 1 aliphatic rings. The molecule has 1 heterocycles. The van der Waals surface area contributed by atoms with Crippen LogP contribution in [0.2, 0.25) is 0 Å². The number of hydrogen-bond acceptors (Lipinski definition) is 4. The summed E-state index contributed by atoms with van der Waals surface area (Å²) < 4.78 is 10.3. The first-order valence-corrected chi connectivity index (χ1v) is 6.01. The molecule has 98 valence electrons. The van der Waals surface area contributed by atoms with E-state index in [2.05, 4.69) is 0 Å². The summed E-state index contributed by atoms with van der Waals surface area (Å²) in [6.45, 7) is 1.46. The Morgan fingerprint density at radius 3 is 3.00 bits per heavy atom. The molecule has 1 aromatic carbocycles. The van der Waals surface area contributed by atoms with Crippen molar-refractivity contribution < 1.29 is 14.3 Å². The highest BCUT2D eigenvalue weighted by molar-refractivity contribution is 5.70.